The first-order chi connectivity index (χ1) is 13.0. The van der Waals surface area contributed by atoms with Gasteiger partial charge in [0.2, 0.25) is 0 Å². The van der Waals surface area contributed by atoms with E-state index in [0.29, 0.717) is 17.7 Å². The molecule has 1 atom stereocenters. The number of aromatic nitrogens is 2. The number of thiophene rings is 1. The fraction of sp³-hybridized carbons (Fsp3) is 0.250. The molecular weight excluding hydrogens is 362 g/mol. The molecule has 2 aromatic heterocycles. The summed E-state index contributed by atoms with van der Waals surface area (Å²) >= 11 is 1.64. The van der Waals surface area contributed by atoms with Crippen molar-refractivity contribution in [3.05, 3.63) is 75.2 Å². The van der Waals surface area contributed by atoms with Crippen molar-refractivity contribution in [2.45, 2.75) is 19.9 Å². The van der Waals surface area contributed by atoms with Gasteiger partial charge < -0.3 is 10.1 Å². The monoisotopic (exact) mass is 383 g/mol. The van der Waals surface area contributed by atoms with Crippen molar-refractivity contribution in [1.29, 1.82) is 0 Å². The number of ether oxygens (including phenoxy) is 1. The zero-order chi connectivity index (χ0) is 19.4. The van der Waals surface area contributed by atoms with Gasteiger partial charge in [0.05, 0.1) is 18.4 Å². The zero-order valence-electron chi connectivity index (χ0n) is 15.4. The molecule has 0 bridgehead atoms. The molecule has 0 radical (unpaired) electrons. The highest BCUT2D eigenvalue weighted by Gasteiger charge is 2.19. The Morgan fingerprint density at radius 1 is 1.19 bits per heavy atom. The van der Waals surface area contributed by atoms with Gasteiger partial charge in [0, 0.05) is 22.7 Å². The van der Waals surface area contributed by atoms with Crippen molar-refractivity contribution in [3.8, 4) is 0 Å². The molecule has 1 aromatic carbocycles. The van der Waals surface area contributed by atoms with Crippen LogP contribution in [-0.4, -0.2) is 35.3 Å². The fourth-order valence-corrected chi connectivity index (χ4v) is 3.73. The van der Waals surface area contributed by atoms with Crippen molar-refractivity contribution in [2.24, 2.45) is 0 Å². The van der Waals surface area contributed by atoms with Gasteiger partial charge in [-0.25, -0.2) is 4.79 Å². The molecule has 1 N–H and O–H groups in total. The maximum absolute atomic E-state index is 12.5. The highest BCUT2D eigenvalue weighted by atomic mass is 32.1. The average molecular weight is 383 g/mol. The highest BCUT2D eigenvalue weighted by Crippen LogP contribution is 2.24. The summed E-state index contributed by atoms with van der Waals surface area (Å²) in [7, 11) is 1.33. The number of esters is 1. The van der Waals surface area contributed by atoms with E-state index in [4.69, 9.17) is 0 Å². The lowest BCUT2D eigenvalue weighted by molar-refractivity contribution is 0.0600. The van der Waals surface area contributed by atoms with Crippen LogP contribution in [0.15, 0.2) is 47.8 Å². The van der Waals surface area contributed by atoms with Crippen LogP contribution >= 0.6 is 11.3 Å². The van der Waals surface area contributed by atoms with Gasteiger partial charge in [-0.15, -0.1) is 11.3 Å². The van der Waals surface area contributed by atoms with Crippen LogP contribution < -0.4 is 5.32 Å². The molecule has 0 fully saturated rings. The summed E-state index contributed by atoms with van der Waals surface area (Å²) in [6.45, 7) is 4.38. The van der Waals surface area contributed by atoms with Crippen molar-refractivity contribution in [1.82, 2.24) is 15.1 Å². The second-order valence-corrected chi connectivity index (χ2v) is 7.16. The SMILES string of the molecule is COC(=O)c1ccc(C(=O)NCC(c2cccs2)n2nc(C)cc2C)cc1. The number of hydrogen-bond acceptors (Lipinski definition) is 5. The van der Waals surface area contributed by atoms with Crippen LogP contribution in [0.5, 0.6) is 0 Å². The first-order valence-corrected chi connectivity index (χ1v) is 9.40. The maximum Gasteiger partial charge on any atom is 0.337 e. The van der Waals surface area contributed by atoms with Crippen LogP contribution in [0.2, 0.25) is 0 Å². The summed E-state index contributed by atoms with van der Waals surface area (Å²) in [6.07, 6.45) is 0. The smallest absolute Gasteiger partial charge is 0.337 e. The Morgan fingerprint density at radius 2 is 1.89 bits per heavy atom. The molecule has 1 unspecified atom stereocenters. The predicted octanol–water partition coefficient (Wildman–Crippen LogP) is 3.37. The van der Waals surface area contributed by atoms with Crippen LogP contribution in [0.25, 0.3) is 0 Å². The zero-order valence-corrected chi connectivity index (χ0v) is 16.2. The molecule has 0 saturated heterocycles. The second-order valence-electron chi connectivity index (χ2n) is 6.18. The van der Waals surface area contributed by atoms with E-state index in [1.807, 2.05) is 42.1 Å². The number of rotatable bonds is 6. The molecule has 0 spiro atoms. The van der Waals surface area contributed by atoms with E-state index < -0.39 is 5.97 Å². The van der Waals surface area contributed by atoms with Gasteiger partial charge in [-0.2, -0.15) is 5.10 Å². The molecule has 0 aliphatic heterocycles. The Morgan fingerprint density at radius 3 is 2.44 bits per heavy atom. The number of carbonyl (C=O) groups is 2. The first-order valence-electron chi connectivity index (χ1n) is 8.52. The van der Waals surface area contributed by atoms with Gasteiger partial charge in [0.1, 0.15) is 6.04 Å². The van der Waals surface area contributed by atoms with E-state index in [-0.39, 0.29) is 11.9 Å². The topological polar surface area (TPSA) is 73.2 Å². The van der Waals surface area contributed by atoms with Gasteiger partial charge in [0.15, 0.2) is 0 Å². The van der Waals surface area contributed by atoms with E-state index in [1.165, 1.54) is 7.11 Å². The Hall–Kier alpha value is -2.93. The summed E-state index contributed by atoms with van der Waals surface area (Å²) in [5, 5.41) is 9.57. The summed E-state index contributed by atoms with van der Waals surface area (Å²) in [5.41, 5.74) is 2.88. The lowest BCUT2D eigenvalue weighted by atomic mass is 10.1. The predicted molar refractivity (Wildman–Crippen MR) is 104 cm³/mol. The molecule has 3 aromatic rings. The van der Waals surface area contributed by atoms with E-state index in [0.717, 1.165) is 16.3 Å². The van der Waals surface area contributed by atoms with Crippen LogP contribution in [-0.2, 0) is 4.74 Å². The van der Waals surface area contributed by atoms with E-state index in [9.17, 15) is 9.59 Å². The molecular formula is C20H21N3O3S. The number of methoxy groups -OCH3 is 1. The normalized spacial score (nSPS) is 11.8. The highest BCUT2D eigenvalue weighted by molar-refractivity contribution is 7.10. The van der Waals surface area contributed by atoms with Crippen LogP contribution in [0.3, 0.4) is 0 Å². The largest absolute Gasteiger partial charge is 0.465 e. The quantitative estimate of drug-likeness (QED) is 0.663. The third-order valence-electron chi connectivity index (χ3n) is 4.24. The summed E-state index contributed by atoms with van der Waals surface area (Å²) < 4.78 is 6.62. The second kappa shape index (κ2) is 8.18. The molecule has 27 heavy (non-hydrogen) atoms. The Bertz CT molecular complexity index is 930. The molecule has 3 rings (SSSR count). The summed E-state index contributed by atoms with van der Waals surface area (Å²) in [4.78, 5) is 25.2. The van der Waals surface area contributed by atoms with Crippen LogP contribution in [0, 0.1) is 13.8 Å². The average Bonchev–Trinajstić information content (AvgIpc) is 3.31. The minimum atomic E-state index is -0.427. The van der Waals surface area contributed by atoms with Crippen molar-refractivity contribution >= 4 is 23.2 Å². The third kappa shape index (κ3) is 4.25. The summed E-state index contributed by atoms with van der Waals surface area (Å²) in [5.74, 6) is -0.626. The minimum Gasteiger partial charge on any atom is -0.465 e. The molecule has 2 heterocycles. The Balaban J connectivity index is 1.74. The van der Waals surface area contributed by atoms with Crippen molar-refractivity contribution < 1.29 is 14.3 Å². The number of carbonyl (C=O) groups excluding carboxylic acids is 2. The number of hydrogen-bond donors (Lipinski definition) is 1. The van der Waals surface area contributed by atoms with Crippen LogP contribution in [0.4, 0.5) is 0 Å². The molecule has 140 valence electrons. The lowest BCUT2D eigenvalue weighted by Crippen LogP contribution is -2.31. The minimum absolute atomic E-state index is 0.0722. The molecule has 7 heteroatoms. The number of amides is 1. The van der Waals surface area contributed by atoms with E-state index in [1.54, 1.807) is 35.6 Å². The van der Waals surface area contributed by atoms with Crippen LogP contribution in [0.1, 0.15) is 43.0 Å². The van der Waals surface area contributed by atoms with Gasteiger partial charge in [-0.05, 0) is 55.6 Å². The number of nitrogens with zero attached hydrogens (tertiary/aromatic N) is 2. The van der Waals surface area contributed by atoms with E-state index in [2.05, 4.69) is 15.2 Å². The molecule has 6 nitrogen and oxygen atoms in total. The Kier molecular flexibility index (Phi) is 5.71. The number of aryl methyl sites for hydroxylation is 2. The molecule has 1 amide bonds. The first kappa shape index (κ1) is 18.8. The van der Waals surface area contributed by atoms with Gasteiger partial charge >= 0.3 is 5.97 Å². The fourth-order valence-electron chi connectivity index (χ4n) is 2.92. The maximum atomic E-state index is 12.5. The standard InChI is InChI=1S/C20H21N3O3S/c1-13-11-14(2)23(22-13)17(18-5-4-10-27-18)12-21-19(24)15-6-8-16(9-7-15)20(25)26-3/h4-11,17H,12H2,1-3H3,(H,21,24). The number of benzene rings is 1. The van der Waals surface area contributed by atoms with Gasteiger partial charge in [-0.3, -0.25) is 9.48 Å². The molecule has 0 aliphatic carbocycles. The number of nitrogens with one attached hydrogen (secondary N) is 1. The molecule has 0 aliphatic rings. The van der Waals surface area contributed by atoms with Gasteiger partial charge in [-0.1, -0.05) is 6.07 Å². The Labute approximate surface area is 161 Å². The van der Waals surface area contributed by atoms with Gasteiger partial charge in [0.25, 0.3) is 5.91 Å². The molecule has 0 saturated carbocycles. The summed E-state index contributed by atoms with van der Waals surface area (Å²) in [6, 6.07) is 12.4. The lowest BCUT2D eigenvalue weighted by Gasteiger charge is -2.19. The van der Waals surface area contributed by atoms with Crippen molar-refractivity contribution in [3.63, 3.8) is 0 Å². The van der Waals surface area contributed by atoms with E-state index >= 15 is 0 Å². The van der Waals surface area contributed by atoms with Crippen molar-refractivity contribution in [2.75, 3.05) is 13.7 Å². The third-order valence-corrected chi connectivity index (χ3v) is 5.21.